The van der Waals surface area contributed by atoms with Crippen LogP contribution in [-0.4, -0.2) is 96.7 Å². The molecule has 260 valence electrons. The summed E-state index contributed by atoms with van der Waals surface area (Å²) in [6.45, 7) is 1.38. The van der Waals surface area contributed by atoms with Gasteiger partial charge in [-0.05, 0) is 81.3 Å². The molecule has 2 aliphatic rings. The molecule has 0 saturated carbocycles. The summed E-state index contributed by atoms with van der Waals surface area (Å²) in [5.41, 5.74) is 1.30. The van der Waals surface area contributed by atoms with Gasteiger partial charge in [0.25, 0.3) is 0 Å². The first-order valence-corrected chi connectivity index (χ1v) is 19.2. The van der Waals surface area contributed by atoms with Gasteiger partial charge < -0.3 is 30.1 Å². The fourth-order valence-corrected chi connectivity index (χ4v) is 8.68. The summed E-state index contributed by atoms with van der Waals surface area (Å²) in [5, 5.41) is 9.50. The van der Waals surface area contributed by atoms with Gasteiger partial charge >= 0.3 is 6.09 Å². The first-order chi connectivity index (χ1) is 22.4. The van der Waals surface area contributed by atoms with Gasteiger partial charge in [-0.2, -0.15) is 0 Å². The molecule has 2 aromatic carbocycles. The summed E-state index contributed by atoms with van der Waals surface area (Å²) in [4.78, 5) is 28.8. The third-order valence-corrected chi connectivity index (χ3v) is 11.8. The van der Waals surface area contributed by atoms with E-state index in [1.165, 1.54) is 19.2 Å². The molecule has 5 atom stereocenters. The fourth-order valence-electron chi connectivity index (χ4n) is 6.62. The van der Waals surface area contributed by atoms with Gasteiger partial charge in [0.2, 0.25) is 5.91 Å². The van der Waals surface area contributed by atoms with E-state index in [4.69, 9.17) is 16.3 Å². The number of ether oxygens (including phenoxy) is 1. The molecular formula is C32H43ClFN4O7S2-. The summed E-state index contributed by atoms with van der Waals surface area (Å²) in [6, 6.07) is 10.4. The number of halogens is 2. The van der Waals surface area contributed by atoms with Crippen LogP contribution >= 0.6 is 11.6 Å². The van der Waals surface area contributed by atoms with E-state index in [-0.39, 0.29) is 40.9 Å². The Morgan fingerprint density at radius 1 is 1.17 bits per heavy atom. The number of rotatable bonds is 13. The Kier molecular flexibility index (Phi) is 13.6. The van der Waals surface area contributed by atoms with E-state index >= 15 is 4.39 Å². The highest BCUT2D eigenvalue weighted by Gasteiger charge is 2.40. The molecule has 0 spiro atoms. The number of nitrogens with zero attached hydrogens (tertiary/aromatic N) is 1. The van der Waals surface area contributed by atoms with Crippen molar-refractivity contribution in [3.63, 3.8) is 0 Å². The monoisotopic (exact) mass is 713 g/mol. The van der Waals surface area contributed by atoms with Crippen molar-refractivity contribution in [2.24, 2.45) is 5.92 Å². The normalized spacial score (nSPS) is 22.1. The van der Waals surface area contributed by atoms with Crippen molar-refractivity contribution in [2.45, 2.75) is 62.6 Å². The lowest BCUT2D eigenvalue weighted by atomic mass is 9.77. The van der Waals surface area contributed by atoms with Gasteiger partial charge in [0.1, 0.15) is 21.7 Å². The Morgan fingerprint density at radius 2 is 1.87 bits per heavy atom. The van der Waals surface area contributed by atoms with Gasteiger partial charge in [-0.3, -0.25) is 9.00 Å². The first kappa shape index (κ1) is 37.2. The van der Waals surface area contributed by atoms with Crippen molar-refractivity contribution in [2.75, 3.05) is 49.8 Å². The molecule has 2 aromatic rings. The summed E-state index contributed by atoms with van der Waals surface area (Å²) >= 11 is 4.09. The lowest BCUT2D eigenvalue weighted by molar-refractivity contribution is -0.119. The molecule has 15 heteroatoms. The highest BCUT2D eigenvalue weighted by molar-refractivity contribution is 7.91. The number of sulfone groups is 1. The number of likely N-dealkylation sites (N-methyl/N-ethyl adjacent to an activating group) is 1. The summed E-state index contributed by atoms with van der Waals surface area (Å²) in [5.74, 6) is -1.88. The smallest absolute Gasteiger partial charge is 0.407 e. The number of carbonyl (C=O) groups is 2. The highest BCUT2D eigenvalue weighted by atomic mass is 35.5. The molecule has 11 nitrogen and oxygen atoms in total. The quantitative estimate of drug-likeness (QED) is 0.264. The number of methoxy groups -OCH3 is 1. The Morgan fingerprint density at radius 3 is 2.51 bits per heavy atom. The molecule has 2 fully saturated rings. The van der Waals surface area contributed by atoms with E-state index in [1.54, 1.807) is 30.3 Å². The molecule has 0 aromatic heterocycles. The van der Waals surface area contributed by atoms with E-state index in [0.717, 1.165) is 6.42 Å². The van der Waals surface area contributed by atoms with Gasteiger partial charge in [-0.15, -0.1) is 0 Å². The highest BCUT2D eigenvalue weighted by Crippen LogP contribution is 2.37. The van der Waals surface area contributed by atoms with Gasteiger partial charge in [0.15, 0.2) is 0 Å². The average Bonchev–Trinajstić information content (AvgIpc) is 3.02. The Balaban J connectivity index is 1.52. The topological polar surface area (TPSA) is 157 Å². The molecule has 2 aliphatic heterocycles. The third-order valence-electron chi connectivity index (χ3n) is 9.20. The number of carbonyl (C=O) groups excluding carboxylic acids is 2. The molecule has 2 saturated heterocycles. The zero-order valence-corrected chi connectivity index (χ0v) is 29.0. The number of benzene rings is 2. The molecule has 0 bridgehead atoms. The number of nitrogens with one attached hydrogen (secondary N) is 3. The van der Waals surface area contributed by atoms with Crippen molar-refractivity contribution < 1.29 is 35.9 Å². The van der Waals surface area contributed by atoms with Crippen LogP contribution in [0.2, 0.25) is 5.02 Å². The number of piperazine rings is 1. The minimum absolute atomic E-state index is 0.0332. The lowest BCUT2D eigenvalue weighted by Gasteiger charge is -2.38. The lowest BCUT2D eigenvalue weighted by Crippen LogP contribution is -2.55. The van der Waals surface area contributed by atoms with Crippen LogP contribution in [0.15, 0.2) is 42.5 Å². The van der Waals surface area contributed by atoms with Crippen LogP contribution in [0.3, 0.4) is 0 Å². The maximum atomic E-state index is 15.3. The van der Waals surface area contributed by atoms with Crippen molar-refractivity contribution >= 4 is 50.2 Å². The van der Waals surface area contributed by atoms with Crippen LogP contribution in [0.4, 0.5) is 14.9 Å². The van der Waals surface area contributed by atoms with Gasteiger partial charge in [0, 0.05) is 53.1 Å². The second-order valence-corrected chi connectivity index (χ2v) is 16.1. The van der Waals surface area contributed by atoms with Crippen LogP contribution in [0, 0.1) is 11.7 Å². The summed E-state index contributed by atoms with van der Waals surface area (Å²) in [6.07, 6.45) is 2.01. The average molecular weight is 714 g/mol. The van der Waals surface area contributed by atoms with E-state index < -0.39 is 50.7 Å². The summed E-state index contributed by atoms with van der Waals surface area (Å²) < 4.78 is 66.4. The van der Waals surface area contributed by atoms with E-state index in [2.05, 4.69) is 20.9 Å². The Bertz CT molecular complexity index is 1500. The molecule has 0 aliphatic carbocycles. The number of hydrogen-bond acceptors (Lipinski definition) is 9. The van der Waals surface area contributed by atoms with E-state index in [0.29, 0.717) is 61.3 Å². The molecule has 2 amide bonds. The maximum absolute atomic E-state index is 15.3. The van der Waals surface area contributed by atoms with Gasteiger partial charge in [-0.1, -0.05) is 40.9 Å². The van der Waals surface area contributed by atoms with Crippen molar-refractivity contribution in [3.8, 4) is 0 Å². The molecule has 4 rings (SSSR count). The number of hydrogen-bond donors (Lipinski definition) is 3. The fraction of sp³-hybridized carbons (Fsp3) is 0.562. The maximum Gasteiger partial charge on any atom is 0.407 e. The zero-order chi connectivity index (χ0) is 34.1. The van der Waals surface area contributed by atoms with Crippen molar-refractivity contribution in [1.29, 1.82) is 0 Å². The standard InChI is InChI=1S/C32H44ClFN4O7S2/c1-38-20-24(35-19-25(38)5-4-16-46(41)42)12-13-26-27(34)6-3-7-28(26)36-31(39)30(37-32(40)45-2)29(21-8-10-23(33)11-9-21)22-14-17-47(43,44)18-15-22/h3,6-11,22,24-25,29-30,35H,4-5,12-20H2,1-2H3,(H,36,39)(H,37,40)(H,41,42)/p-1/t24-,25?,29-,30-/m0/s1. The van der Waals surface area contributed by atoms with E-state index in [9.17, 15) is 26.8 Å². The molecular weight excluding hydrogens is 671 g/mol. The molecule has 2 unspecified atom stereocenters. The molecule has 47 heavy (non-hydrogen) atoms. The van der Waals surface area contributed by atoms with Crippen molar-refractivity contribution in [1.82, 2.24) is 15.5 Å². The SMILES string of the molecule is COC(=O)N[C@H](C(=O)Nc1cccc(F)c1CC[C@H]1CN(C)C(CCCS(=O)[O-])CN1)[C@@H](c1ccc(Cl)cc1)C1CCS(=O)(=O)CC1. The summed E-state index contributed by atoms with van der Waals surface area (Å²) in [7, 11) is -0.0241. The third kappa shape index (κ3) is 10.7. The zero-order valence-electron chi connectivity index (χ0n) is 26.6. The van der Waals surface area contributed by atoms with Gasteiger partial charge in [0.05, 0.1) is 18.6 Å². The predicted octanol–water partition coefficient (Wildman–Crippen LogP) is 3.61. The molecule has 2 heterocycles. The Labute approximate surface area is 283 Å². The van der Waals surface area contributed by atoms with Crippen LogP contribution in [-0.2, 0) is 36.9 Å². The largest absolute Gasteiger partial charge is 0.772 e. The predicted molar refractivity (Wildman–Crippen MR) is 179 cm³/mol. The Hall–Kier alpha value is -2.62. The second kappa shape index (κ2) is 17.2. The minimum Gasteiger partial charge on any atom is -0.772 e. The first-order valence-electron chi connectivity index (χ1n) is 15.7. The number of anilines is 1. The van der Waals surface area contributed by atoms with Crippen LogP contribution in [0.1, 0.15) is 49.1 Å². The molecule has 0 radical (unpaired) electrons. The van der Waals surface area contributed by atoms with Crippen LogP contribution in [0.5, 0.6) is 0 Å². The molecule has 3 N–H and O–H groups in total. The second-order valence-electron chi connectivity index (χ2n) is 12.3. The van der Waals surface area contributed by atoms with E-state index in [1.807, 2.05) is 7.05 Å². The number of alkyl carbamates (subject to hydrolysis) is 1. The minimum atomic E-state index is -3.21. The van der Waals surface area contributed by atoms with Crippen LogP contribution < -0.4 is 16.0 Å². The van der Waals surface area contributed by atoms with Gasteiger partial charge in [-0.25, -0.2) is 17.6 Å². The van der Waals surface area contributed by atoms with Crippen molar-refractivity contribution in [3.05, 3.63) is 64.4 Å². The number of amides is 2. The van der Waals surface area contributed by atoms with Crippen LogP contribution in [0.25, 0.3) is 0 Å².